The van der Waals surface area contributed by atoms with Crippen molar-refractivity contribution in [3.8, 4) is 0 Å². The second kappa shape index (κ2) is 9.42. The molecule has 0 aliphatic heterocycles. The molecule has 0 radical (unpaired) electrons. The lowest BCUT2D eigenvalue weighted by atomic mass is 9.78. The standard InChI is InChI=1S/C10H16N.C9H16O4/c1-11(2,3)9-10-7-5-4-6-8-10;1-4-9(7(10)11,8(12)13)5-6(2)3/h4-8H,9H2,1-3H3;6H,4-5H2,1-3H3,(H,10,11)(H,12,13)/q+1;. The molecule has 2 N–H and O–H groups in total. The van der Waals surface area contributed by atoms with Gasteiger partial charge in [0.25, 0.3) is 0 Å². The van der Waals surface area contributed by atoms with Crippen LogP contribution >= 0.6 is 0 Å². The van der Waals surface area contributed by atoms with Crippen LogP contribution in [0.25, 0.3) is 0 Å². The summed E-state index contributed by atoms with van der Waals surface area (Å²) in [5.41, 5.74) is -0.200. The third kappa shape index (κ3) is 7.59. The lowest BCUT2D eigenvalue weighted by Gasteiger charge is -2.24. The Morgan fingerprint density at radius 3 is 1.75 bits per heavy atom. The number of quaternary nitrogens is 1. The zero-order valence-corrected chi connectivity index (χ0v) is 15.7. The molecule has 0 atom stereocenters. The van der Waals surface area contributed by atoms with Crippen LogP contribution in [-0.4, -0.2) is 47.8 Å². The fourth-order valence-corrected chi connectivity index (χ4v) is 2.54. The second-order valence-electron chi connectivity index (χ2n) is 7.58. The molecule has 0 aliphatic carbocycles. The Balaban J connectivity index is 0.000000446. The highest BCUT2D eigenvalue weighted by Gasteiger charge is 2.45. The predicted octanol–water partition coefficient (Wildman–Crippen LogP) is 3.49. The zero-order chi connectivity index (χ0) is 19.0. The smallest absolute Gasteiger partial charge is 0.321 e. The number of carboxylic acid groups (broad SMARTS) is 2. The molecular formula is C19H32NO4+. The van der Waals surface area contributed by atoms with Gasteiger partial charge < -0.3 is 14.7 Å². The molecule has 0 aromatic heterocycles. The molecular weight excluding hydrogens is 306 g/mol. The van der Waals surface area contributed by atoms with Crippen molar-refractivity contribution in [3.05, 3.63) is 35.9 Å². The average Bonchev–Trinajstić information content (AvgIpc) is 2.43. The van der Waals surface area contributed by atoms with Crippen molar-refractivity contribution < 1.29 is 24.3 Å². The average molecular weight is 338 g/mol. The van der Waals surface area contributed by atoms with Gasteiger partial charge in [0.05, 0.1) is 21.1 Å². The van der Waals surface area contributed by atoms with Gasteiger partial charge in [-0.05, 0) is 18.8 Å². The normalized spacial score (nSPS) is 11.6. The van der Waals surface area contributed by atoms with E-state index in [-0.39, 0.29) is 18.8 Å². The molecule has 1 rings (SSSR count). The monoisotopic (exact) mass is 338 g/mol. The van der Waals surface area contributed by atoms with Gasteiger partial charge in [-0.2, -0.15) is 0 Å². The number of rotatable bonds is 7. The molecule has 0 spiro atoms. The summed E-state index contributed by atoms with van der Waals surface area (Å²) in [5, 5.41) is 17.7. The van der Waals surface area contributed by atoms with E-state index in [2.05, 4.69) is 51.5 Å². The van der Waals surface area contributed by atoms with E-state index < -0.39 is 17.4 Å². The van der Waals surface area contributed by atoms with Crippen molar-refractivity contribution in [3.63, 3.8) is 0 Å². The fourth-order valence-electron chi connectivity index (χ4n) is 2.54. The summed E-state index contributed by atoms with van der Waals surface area (Å²) >= 11 is 0. The first-order valence-electron chi connectivity index (χ1n) is 8.25. The minimum absolute atomic E-state index is 0.0622. The number of benzene rings is 1. The molecule has 5 nitrogen and oxygen atoms in total. The number of carbonyl (C=O) groups is 2. The van der Waals surface area contributed by atoms with E-state index >= 15 is 0 Å². The van der Waals surface area contributed by atoms with E-state index in [4.69, 9.17) is 10.2 Å². The Hall–Kier alpha value is -1.88. The molecule has 5 heteroatoms. The summed E-state index contributed by atoms with van der Waals surface area (Å²) < 4.78 is 0.990. The summed E-state index contributed by atoms with van der Waals surface area (Å²) in [6.45, 7) is 6.32. The second-order valence-corrected chi connectivity index (χ2v) is 7.58. The number of hydrogen-bond acceptors (Lipinski definition) is 2. The van der Waals surface area contributed by atoms with Crippen LogP contribution in [0.15, 0.2) is 30.3 Å². The Kier molecular flexibility index (Phi) is 8.69. The SMILES string of the molecule is CCC(CC(C)C)(C(=O)O)C(=O)O.C[N+](C)(C)Cc1ccccc1. The topological polar surface area (TPSA) is 74.6 Å². The Morgan fingerprint density at radius 2 is 1.50 bits per heavy atom. The first-order valence-corrected chi connectivity index (χ1v) is 8.25. The van der Waals surface area contributed by atoms with Crippen LogP contribution in [-0.2, 0) is 16.1 Å². The molecule has 1 aromatic carbocycles. The van der Waals surface area contributed by atoms with Gasteiger partial charge >= 0.3 is 11.9 Å². The summed E-state index contributed by atoms with van der Waals surface area (Å²) in [6.07, 6.45) is 0.296. The molecule has 0 heterocycles. The molecule has 0 amide bonds. The molecule has 0 unspecified atom stereocenters. The third-order valence-electron chi connectivity index (χ3n) is 3.68. The molecule has 24 heavy (non-hydrogen) atoms. The zero-order valence-electron chi connectivity index (χ0n) is 15.7. The van der Waals surface area contributed by atoms with Crippen LogP contribution in [0.4, 0.5) is 0 Å². The van der Waals surface area contributed by atoms with Crippen LogP contribution in [0, 0.1) is 11.3 Å². The van der Waals surface area contributed by atoms with Gasteiger partial charge in [0.1, 0.15) is 6.54 Å². The van der Waals surface area contributed by atoms with Gasteiger partial charge in [-0.3, -0.25) is 9.59 Å². The lowest BCUT2D eigenvalue weighted by Crippen LogP contribution is -2.39. The highest BCUT2D eigenvalue weighted by molar-refractivity contribution is 5.98. The largest absolute Gasteiger partial charge is 0.480 e. The van der Waals surface area contributed by atoms with Crippen LogP contribution in [0.3, 0.4) is 0 Å². The fraction of sp³-hybridized carbons (Fsp3) is 0.579. The summed E-state index contributed by atoms with van der Waals surface area (Å²) in [4.78, 5) is 21.7. The Morgan fingerprint density at radius 1 is 1.04 bits per heavy atom. The maximum Gasteiger partial charge on any atom is 0.321 e. The minimum atomic E-state index is -1.60. The molecule has 0 bridgehead atoms. The van der Waals surface area contributed by atoms with Gasteiger partial charge in [-0.15, -0.1) is 0 Å². The number of aliphatic carboxylic acids is 2. The van der Waals surface area contributed by atoms with E-state index in [1.807, 2.05) is 13.8 Å². The molecule has 136 valence electrons. The van der Waals surface area contributed by atoms with Crippen LogP contribution in [0.1, 0.15) is 39.2 Å². The first-order chi connectivity index (χ1) is 10.9. The number of hydrogen-bond donors (Lipinski definition) is 2. The maximum absolute atomic E-state index is 10.8. The van der Waals surface area contributed by atoms with E-state index in [0.717, 1.165) is 11.0 Å². The molecule has 0 saturated carbocycles. The lowest BCUT2D eigenvalue weighted by molar-refractivity contribution is -0.884. The van der Waals surface area contributed by atoms with Crippen LogP contribution in [0.5, 0.6) is 0 Å². The maximum atomic E-state index is 10.8. The molecule has 0 saturated heterocycles. The van der Waals surface area contributed by atoms with Gasteiger partial charge in [0, 0.05) is 5.56 Å². The van der Waals surface area contributed by atoms with Crippen molar-refractivity contribution in [2.45, 2.75) is 40.2 Å². The van der Waals surface area contributed by atoms with Crippen molar-refractivity contribution in [2.75, 3.05) is 21.1 Å². The van der Waals surface area contributed by atoms with Crippen LogP contribution in [0.2, 0.25) is 0 Å². The first kappa shape index (κ1) is 22.1. The van der Waals surface area contributed by atoms with Gasteiger partial charge in [0.15, 0.2) is 5.41 Å². The Bertz CT molecular complexity index is 504. The van der Waals surface area contributed by atoms with E-state index in [0.29, 0.717) is 0 Å². The quantitative estimate of drug-likeness (QED) is 0.589. The minimum Gasteiger partial charge on any atom is -0.480 e. The van der Waals surface area contributed by atoms with E-state index in [9.17, 15) is 9.59 Å². The Labute approximate surface area is 145 Å². The third-order valence-corrected chi connectivity index (χ3v) is 3.68. The van der Waals surface area contributed by atoms with Gasteiger partial charge in [-0.25, -0.2) is 0 Å². The molecule has 1 aromatic rings. The van der Waals surface area contributed by atoms with Gasteiger partial charge in [0.2, 0.25) is 0 Å². The highest BCUT2D eigenvalue weighted by Crippen LogP contribution is 2.31. The van der Waals surface area contributed by atoms with E-state index in [1.54, 1.807) is 6.92 Å². The summed E-state index contributed by atoms with van der Waals surface area (Å²) in [5.74, 6) is -2.42. The summed E-state index contributed by atoms with van der Waals surface area (Å²) in [6, 6.07) is 10.6. The number of carboxylic acids is 2. The van der Waals surface area contributed by atoms with Crippen molar-refractivity contribution >= 4 is 11.9 Å². The van der Waals surface area contributed by atoms with Gasteiger partial charge in [-0.1, -0.05) is 51.1 Å². The molecule has 0 aliphatic rings. The van der Waals surface area contributed by atoms with Crippen LogP contribution < -0.4 is 0 Å². The molecule has 0 fully saturated rings. The van der Waals surface area contributed by atoms with Crippen molar-refractivity contribution in [1.29, 1.82) is 0 Å². The highest BCUT2D eigenvalue weighted by atomic mass is 16.4. The van der Waals surface area contributed by atoms with E-state index in [1.165, 1.54) is 5.56 Å². The van der Waals surface area contributed by atoms with Crippen molar-refractivity contribution in [2.24, 2.45) is 11.3 Å². The summed E-state index contributed by atoms with van der Waals surface area (Å²) in [7, 11) is 6.60. The van der Waals surface area contributed by atoms with Crippen molar-refractivity contribution in [1.82, 2.24) is 0 Å². The number of nitrogens with zero attached hydrogens (tertiary/aromatic N) is 1. The predicted molar refractivity (Wildman–Crippen MR) is 95.6 cm³/mol.